The van der Waals surface area contributed by atoms with E-state index in [-0.39, 0.29) is 0 Å². The zero-order valence-corrected chi connectivity index (χ0v) is 11.5. The first kappa shape index (κ1) is 12.6. The summed E-state index contributed by atoms with van der Waals surface area (Å²) >= 11 is 9.27. The van der Waals surface area contributed by atoms with Gasteiger partial charge in [-0.25, -0.2) is 4.98 Å². The molecule has 0 radical (unpaired) electrons. The van der Waals surface area contributed by atoms with E-state index in [0.29, 0.717) is 0 Å². The van der Waals surface area contributed by atoms with Crippen LogP contribution in [-0.4, -0.2) is 4.98 Å². The van der Waals surface area contributed by atoms with Gasteiger partial charge in [-0.05, 0) is 45.8 Å². The predicted molar refractivity (Wildman–Crippen MR) is 73.9 cm³/mol. The fourth-order valence-electron chi connectivity index (χ4n) is 1.53. The van der Waals surface area contributed by atoms with E-state index in [9.17, 15) is 0 Å². The van der Waals surface area contributed by atoms with Crippen molar-refractivity contribution in [2.45, 2.75) is 13.1 Å². The van der Waals surface area contributed by atoms with Crippen LogP contribution in [0.1, 0.15) is 11.3 Å². The number of benzene rings is 1. The molecule has 2 nitrogen and oxygen atoms in total. The van der Waals surface area contributed by atoms with E-state index in [4.69, 9.17) is 11.6 Å². The number of hydrogen-bond donors (Lipinski definition) is 1. The van der Waals surface area contributed by atoms with Crippen molar-refractivity contribution in [2.24, 2.45) is 0 Å². The largest absolute Gasteiger partial charge is 0.307 e. The Morgan fingerprint density at radius 1 is 1.12 bits per heavy atom. The van der Waals surface area contributed by atoms with Crippen molar-refractivity contribution >= 4 is 27.5 Å². The quantitative estimate of drug-likeness (QED) is 0.869. The maximum absolute atomic E-state index is 5.92. The molecule has 0 amide bonds. The number of aromatic nitrogens is 1. The van der Waals surface area contributed by atoms with Gasteiger partial charge in [-0.3, -0.25) is 0 Å². The van der Waals surface area contributed by atoms with Gasteiger partial charge < -0.3 is 5.32 Å². The monoisotopic (exact) mass is 310 g/mol. The fourth-order valence-corrected chi connectivity index (χ4v) is 2.12. The molecular weight excluding hydrogens is 300 g/mol. The van der Waals surface area contributed by atoms with Crippen molar-refractivity contribution < 1.29 is 0 Å². The van der Waals surface area contributed by atoms with E-state index < -0.39 is 0 Å². The van der Waals surface area contributed by atoms with Crippen LogP contribution in [0.4, 0.5) is 0 Å². The molecule has 0 saturated heterocycles. The van der Waals surface area contributed by atoms with E-state index in [0.717, 1.165) is 28.4 Å². The first-order valence-corrected chi connectivity index (χ1v) is 6.48. The van der Waals surface area contributed by atoms with Crippen LogP contribution in [0.15, 0.2) is 47.1 Å². The van der Waals surface area contributed by atoms with Crippen LogP contribution in [-0.2, 0) is 13.1 Å². The molecular formula is C13H12BrClN2. The third-order valence-corrected chi connectivity index (χ3v) is 2.97. The van der Waals surface area contributed by atoms with E-state index >= 15 is 0 Å². The topological polar surface area (TPSA) is 24.9 Å². The Morgan fingerprint density at radius 3 is 2.71 bits per heavy atom. The summed E-state index contributed by atoms with van der Waals surface area (Å²) in [7, 11) is 0. The Morgan fingerprint density at radius 2 is 1.94 bits per heavy atom. The van der Waals surface area contributed by atoms with Gasteiger partial charge in [0.1, 0.15) is 4.60 Å². The standard InChI is InChI=1S/C13H12BrClN2/c14-13-6-2-5-12(17-13)9-16-8-10-3-1-4-11(15)7-10/h1-7,16H,8-9H2. The van der Waals surface area contributed by atoms with Gasteiger partial charge in [-0.15, -0.1) is 0 Å². The lowest BCUT2D eigenvalue weighted by Crippen LogP contribution is -2.13. The summed E-state index contributed by atoms with van der Waals surface area (Å²) in [6.07, 6.45) is 0. The summed E-state index contributed by atoms with van der Waals surface area (Å²) in [4.78, 5) is 4.35. The molecule has 1 N–H and O–H groups in total. The Balaban J connectivity index is 1.87. The van der Waals surface area contributed by atoms with Crippen LogP contribution in [0.2, 0.25) is 5.02 Å². The van der Waals surface area contributed by atoms with Crippen molar-refractivity contribution in [3.63, 3.8) is 0 Å². The van der Waals surface area contributed by atoms with Gasteiger partial charge >= 0.3 is 0 Å². The van der Waals surface area contributed by atoms with Gasteiger partial charge in [0.15, 0.2) is 0 Å². The van der Waals surface area contributed by atoms with Crippen molar-refractivity contribution in [1.29, 1.82) is 0 Å². The van der Waals surface area contributed by atoms with Gasteiger partial charge in [0, 0.05) is 18.1 Å². The van der Waals surface area contributed by atoms with Gasteiger partial charge in [0.05, 0.1) is 5.69 Å². The normalized spacial score (nSPS) is 10.5. The molecule has 0 aliphatic carbocycles. The number of rotatable bonds is 4. The molecule has 0 saturated carbocycles. The van der Waals surface area contributed by atoms with Crippen molar-refractivity contribution in [1.82, 2.24) is 10.3 Å². The molecule has 0 spiro atoms. The van der Waals surface area contributed by atoms with E-state index in [1.165, 1.54) is 5.56 Å². The molecule has 1 aromatic carbocycles. The molecule has 17 heavy (non-hydrogen) atoms. The van der Waals surface area contributed by atoms with E-state index in [1.54, 1.807) is 0 Å². The van der Waals surface area contributed by atoms with Crippen molar-refractivity contribution in [3.8, 4) is 0 Å². The SMILES string of the molecule is Clc1cccc(CNCc2cccc(Br)n2)c1. The van der Waals surface area contributed by atoms with Crippen LogP contribution in [0.5, 0.6) is 0 Å². The maximum Gasteiger partial charge on any atom is 0.106 e. The second kappa shape index (κ2) is 6.15. The Bertz CT molecular complexity index is 457. The fraction of sp³-hybridized carbons (Fsp3) is 0.154. The first-order chi connectivity index (χ1) is 8.24. The minimum Gasteiger partial charge on any atom is -0.307 e. The third kappa shape index (κ3) is 4.11. The van der Waals surface area contributed by atoms with Crippen LogP contribution in [0, 0.1) is 0 Å². The Hall–Kier alpha value is -0.900. The highest BCUT2D eigenvalue weighted by molar-refractivity contribution is 9.10. The molecule has 0 aliphatic rings. The highest BCUT2D eigenvalue weighted by Crippen LogP contribution is 2.10. The average Bonchev–Trinajstić information content (AvgIpc) is 2.29. The zero-order chi connectivity index (χ0) is 12.1. The number of hydrogen-bond acceptors (Lipinski definition) is 2. The van der Waals surface area contributed by atoms with Gasteiger partial charge in [-0.1, -0.05) is 29.8 Å². The maximum atomic E-state index is 5.92. The summed E-state index contributed by atoms with van der Waals surface area (Å²) in [5.74, 6) is 0. The average molecular weight is 312 g/mol. The lowest BCUT2D eigenvalue weighted by atomic mass is 10.2. The van der Waals surface area contributed by atoms with Crippen LogP contribution >= 0.6 is 27.5 Å². The van der Waals surface area contributed by atoms with Crippen molar-refractivity contribution in [2.75, 3.05) is 0 Å². The third-order valence-electron chi connectivity index (χ3n) is 2.30. The summed E-state index contributed by atoms with van der Waals surface area (Å²) in [5, 5.41) is 4.10. The van der Waals surface area contributed by atoms with Crippen LogP contribution < -0.4 is 5.32 Å². The summed E-state index contributed by atoms with van der Waals surface area (Å²) in [6, 6.07) is 13.7. The minimum atomic E-state index is 0.742. The summed E-state index contributed by atoms with van der Waals surface area (Å²) < 4.78 is 0.861. The highest BCUT2D eigenvalue weighted by atomic mass is 79.9. The molecule has 88 valence electrons. The second-order valence-corrected chi connectivity index (χ2v) is 4.93. The molecule has 0 atom stereocenters. The molecule has 2 rings (SSSR count). The Labute approximate surface area is 114 Å². The number of halogens is 2. The molecule has 1 heterocycles. The van der Waals surface area contributed by atoms with Crippen molar-refractivity contribution in [3.05, 3.63) is 63.3 Å². The second-order valence-electron chi connectivity index (χ2n) is 3.69. The van der Waals surface area contributed by atoms with Crippen LogP contribution in [0.25, 0.3) is 0 Å². The number of nitrogens with zero attached hydrogens (tertiary/aromatic N) is 1. The molecule has 0 aliphatic heterocycles. The summed E-state index contributed by atoms with van der Waals surface area (Å²) in [6.45, 7) is 1.53. The first-order valence-electron chi connectivity index (χ1n) is 5.30. The highest BCUT2D eigenvalue weighted by Gasteiger charge is 1.97. The van der Waals surface area contributed by atoms with E-state index in [1.807, 2.05) is 42.5 Å². The smallest absolute Gasteiger partial charge is 0.106 e. The summed E-state index contributed by atoms with van der Waals surface area (Å²) in [5.41, 5.74) is 2.19. The predicted octanol–water partition coefficient (Wildman–Crippen LogP) is 3.79. The molecule has 2 aromatic rings. The number of pyridine rings is 1. The molecule has 0 fully saturated rings. The molecule has 0 unspecified atom stereocenters. The number of nitrogens with one attached hydrogen (secondary N) is 1. The van der Waals surface area contributed by atoms with Gasteiger partial charge in [0.25, 0.3) is 0 Å². The van der Waals surface area contributed by atoms with Crippen LogP contribution in [0.3, 0.4) is 0 Å². The lowest BCUT2D eigenvalue weighted by molar-refractivity contribution is 0.678. The molecule has 4 heteroatoms. The minimum absolute atomic E-state index is 0.742. The van der Waals surface area contributed by atoms with E-state index in [2.05, 4.69) is 26.2 Å². The van der Waals surface area contributed by atoms with Gasteiger partial charge in [0.2, 0.25) is 0 Å². The molecule has 1 aromatic heterocycles. The molecule has 0 bridgehead atoms. The zero-order valence-electron chi connectivity index (χ0n) is 9.16. The van der Waals surface area contributed by atoms with Gasteiger partial charge in [-0.2, -0.15) is 0 Å². The lowest BCUT2D eigenvalue weighted by Gasteiger charge is -2.05. The Kier molecular flexibility index (Phi) is 4.54.